The predicted octanol–water partition coefficient (Wildman–Crippen LogP) is 7.38. The highest BCUT2D eigenvalue weighted by Gasteiger charge is 2.41. The van der Waals surface area contributed by atoms with E-state index in [9.17, 15) is 22.8 Å². The lowest BCUT2D eigenvalue weighted by Gasteiger charge is -2.33. The van der Waals surface area contributed by atoms with Crippen LogP contribution in [0.1, 0.15) is 68.9 Å². The van der Waals surface area contributed by atoms with E-state index < -0.39 is 35.7 Å². The Hall–Kier alpha value is -4.28. The van der Waals surface area contributed by atoms with Gasteiger partial charge in [-0.25, -0.2) is 22.9 Å². The normalized spacial score (nSPS) is 18.3. The molecule has 0 bridgehead atoms. The summed E-state index contributed by atoms with van der Waals surface area (Å²) in [6, 6.07) is 11.0. The first-order valence-corrected chi connectivity index (χ1v) is 15.8. The Bertz CT molecular complexity index is 1560. The maximum atomic E-state index is 14.0. The fourth-order valence-corrected chi connectivity index (χ4v) is 6.13. The zero-order valence-electron chi connectivity index (χ0n) is 26.7. The number of carbonyl (C=O) groups is 2. The van der Waals surface area contributed by atoms with Crippen molar-refractivity contribution in [2.24, 2.45) is 5.92 Å². The van der Waals surface area contributed by atoms with Gasteiger partial charge in [-0.3, -0.25) is 9.69 Å². The summed E-state index contributed by atoms with van der Waals surface area (Å²) in [6.45, 7) is 5.54. The molecule has 11 heteroatoms. The SMILES string of the molecule is CC[C@H](CCCCc1ccc(OC)c(-c2ccc(N3CCC3)nc2CN2C(=O)O[C@H](c3cc(F)c(F)c(F)c3)[C@@H]2C)c1)C(=O)OC. The van der Waals surface area contributed by atoms with Crippen molar-refractivity contribution in [2.75, 3.05) is 32.2 Å². The van der Waals surface area contributed by atoms with Gasteiger partial charge in [0.25, 0.3) is 0 Å². The minimum absolute atomic E-state index is 0.0356. The third kappa shape index (κ3) is 6.93. The number of methoxy groups -OCH3 is 2. The van der Waals surface area contributed by atoms with Crippen molar-refractivity contribution < 1.29 is 37.0 Å². The Kier molecular flexibility index (Phi) is 10.4. The number of benzene rings is 2. The van der Waals surface area contributed by atoms with Crippen molar-refractivity contribution in [3.63, 3.8) is 0 Å². The van der Waals surface area contributed by atoms with Gasteiger partial charge in [0.15, 0.2) is 17.5 Å². The molecule has 2 aliphatic heterocycles. The molecule has 2 fully saturated rings. The van der Waals surface area contributed by atoms with Crippen molar-refractivity contribution in [3.05, 3.63) is 76.7 Å². The number of ether oxygens (including phenoxy) is 3. The van der Waals surface area contributed by atoms with Crippen LogP contribution in [0.5, 0.6) is 5.75 Å². The van der Waals surface area contributed by atoms with Gasteiger partial charge in [-0.2, -0.15) is 0 Å². The highest BCUT2D eigenvalue weighted by molar-refractivity contribution is 5.76. The molecule has 2 aliphatic rings. The van der Waals surface area contributed by atoms with Gasteiger partial charge in [-0.05, 0) is 81.0 Å². The molecular formula is C35H40F3N3O5. The van der Waals surface area contributed by atoms with Crippen LogP contribution in [-0.4, -0.2) is 55.3 Å². The van der Waals surface area contributed by atoms with Crippen molar-refractivity contribution in [1.82, 2.24) is 9.88 Å². The number of rotatable bonds is 13. The maximum Gasteiger partial charge on any atom is 0.411 e. The van der Waals surface area contributed by atoms with Crippen LogP contribution >= 0.6 is 0 Å². The maximum absolute atomic E-state index is 14.0. The van der Waals surface area contributed by atoms with Gasteiger partial charge in [0.05, 0.1) is 38.4 Å². The molecule has 3 atom stereocenters. The van der Waals surface area contributed by atoms with E-state index in [2.05, 4.69) is 11.0 Å². The van der Waals surface area contributed by atoms with Gasteiger partial charge in [0.2, 0.25) is 0 Å². The summed E-state index contributed by atoms with van der Waals surface area (Å²) in [5, 5.41) is 0. The second kappa shape index (κ2) is 14.4. The van der Waals surface area contributed by atoms with E-state index in [1.165, 1.54) is 12.0 Å². The van der Waals surface area contributed by atoms with Crippen molar-refractivity contribution in [1.29, 1.82) is 0 Å². The number of aromatic nitrogens is 1. The largest absolute Gasteiger partial charge is 0.496 e. The number of amides is 1. The second-order valence-corrected chi connectivity index (χ2v) is 11.9. The molecule has 3 heterocycles. The lowest BCUT2D eigenvalue weighted by atomic mass is 9.95. The Morgan fingerprint density at radius 1 is 1.04 bits per heavy atom. The minimum Gasteiger partial charge on any atom is -0.496 e. The first kappa shape index (κ1) is 33.1. The number of pyridine rings is 1. The summed E-state index contributed by atoms with van der Waals surface area (Å²) in [5.74, 6) is -3.10. The fourth-order valence-electron chi connectivity index (χ4n) is 6.13. The molecule has 0 spiro atoms. The van der Waals surface area contributed by atoms with E-state index in [4.69, 9.17) is 19.2 Å². The van der Waals surface area contributed by atoms with Crippen LogP contribution in [0.4, 0.5) is 23.8 Å². The van der Waals surface area contributed by atoms with E-state index in [0.717, 1.165) is 86.3 Å². The van der Waals surface area contributed by atoms with E-state index >= 15 is 0 Å². The summed E-state index contributed by atoms with van der Waals surface area (Å²) in [5.41, 5.74) is 3.34. The third-order valence-electron chi connectivity index (χ3n) is 9.04. The number of cyclic esters (lactones) is 1. The quantitative estimate of drug-likeness (QED) is 0.110. The number of esters is 1. The topological polar surface area (TPSA) is 81.2 Å². The van der Waals surface area contributed by atoms with Crippen LogP contribution < -0.4 is 9.64 Å². The summed E-state index contributed by atoms with van der Waals surface area (Å²) < 4.78 is 58.0. The molecule has 1 aromatic heterocycles. The Morgan fingerprint density at radius 2 is 1.78 bits per heavy atom. The van der Waals surface area contributed by atoms with Crippen molar-refractivity contribution >= 4 is 17.9 Å². The van der Waals surface area contributed by atoms with E-state index in [1.54, 1.807) is 14.0 Å². The van der Waals surface area contributed by atoms with Gasteiger partial charge in [0, 0.05) is 29.8 Å². The van der Waals surface area contributed by atoms with E-state index in [0.29, 0.717) is 11.4 Å². The van der Waals surface area contributed by atoms with Crippen LogP contribution in [0.3, 0.4) is 0 Å². The second-order valence-electron chi connectivity index (χ2n) is 11.9. The number of halogens is 3. The summed E-state index contributed by atoms with van der Waals surface area (Å²) in [4.78, 5) is 33.7. The minimum atomic E-state index is -1.57. The number of nitrogens with zero attached hydrogens (tertiary/aromatic N) is 3. The molecule has 246 valence electrons. The number of unbranched alkanes of at least 4 members (excludes halogenated alkanes) is 1. The third-order valence-corrected chi connectivity index (χ3v) is 9.04. The van der Waals surface area contributed by atoms with E-state index in [1.807, 2.05) is 31.2 Å². The summed E-state index contributed by atoms with van der Waals surface area (Å²) >= 11 is 0. The predicted molar refractivity (Wildman–Crippen MR) is 167 cm³/mol. The van der Waals surface area contributed by atoms with Crippen molar-refractivity contribution in [3.8, 4) is 16.9 Å². The van der Waals surface area contributed by atoms with Gasteiger partial charge >= 0.3 is 12.1 Å². The monoisotopic (exact) mass is 639 g/mol. The average Bonchev–Trinajstić information content (AvgIpc) is 3.30. The average molecular weight is 640 g/mol. The van der Waals surface area contributed by atoms with Crippen LogP contribution in [0.15, 0.2) is 42.5 Å². The van der Waals surface area contributed by atoms with Gasteiger partial charge < -0.3 is 19.1 Å². The number of aryl methyl sites for hydroxylation is 1. The molecule has 0 saturated carbocycles. The highest BCUT2D eigenvalue weighted by atomic mass is 19.2. The molecule has 2 aromatic carbocycles. The zero-order chi connectivity index (χ0) is 33.0. The van der Waals surface area contributed by atoms with Gasteiger partial charge in [0.1, 0.15) is 17.7 Å². The number of anilines is 1. The Balaban J connectivity index is 1.41. The Labute approximate surface area is 267 Å². The van der Waals surface area contributed by atoms with Crippen LogP contribution in [0.2, 0.25) is 0 Å². The summed E-state index contributed by atoms with van der Waals surface area (Å²) in [6.07, 6.45) is 3.47. The van der Waals surface area contributed by atoms with Crippen LogP contribution in [-0.2, 0) is 27.2 Å². The van der Waals surface area contributed by atoms with Crippen LogP contribution in [0, 0.1) is 23.4 Å². The Morgan fingerprint density at radius 3 is 2.41 bits per heavy atom. The zero-order valence-corrected chi connectivity index (χ0v) is 26.7. The fraction of sp³-hybridized carbons (Fsp3) is 0.457. The first-order chi connectivity index (χ1) is 22.1. The molecule has 8 nitrogen and oxygen atoms in total. The molecule has 0 aliphatic carbocycles. The van der Waals surface area contributed by atoms with E-state index in [-0.39, 0.29) is 24.0 Å². The standard InChI is InChI=1S/C35H40F3N3O5/c1-5-23(34(42)45-4)10-7-6-9-22-11-13-30(44-3)26(17-22)25-12-14-31(40-15-8-16-40)39-29(25)20-41-21(2)33(46-35(41)43)24-18-27(36)32(38)28(37)19-24/h11-14,17-19,21,23,33H,5-10,15-16,20H2,1-4H3/t21-,23+,33-/m0/s1. The lowest BCUT2D eigenvalue weighted by Crippen LogP contribution is -2.38. The molecule has 0 radical (unpaired) electrons. The molecule has 2 saturated heterocycles. The number of carbonyl (C=O) groups excluding carboxylic acids is 2. The molecule has 0 N–H and O–H groups in total. The van der Waals surface area contributed by atoms with Crippen molar-refractivity contribution in [2.45, 2.75) is 71.1 Å². The highest BCUT2D eigenvalue weighted by Crippen LogP contribution is 2.39. The first-order valence-electron chi connectivity index (χ1n) is 15.8. The summed E-state index contributed by atoms with van der Waals surface area (Å²) in [7, 11) is 3.02. The van der Waals surface area contributed by atoms with Gasteiger partial charge in [-0.1, -0.05) is 19.4 Å². The lowest BCUT2D eigenvalue weighted by molar-refractivity contribution is -0.145. The van der Waals surface area contributed by atoms with Gasteiger partial charge in [-0.15, -0.1) is 0 Å². The number of hydrogen-bond acceptors (Lipinski definition) is 7. The van der Waals surface area contributed by atoms with Crippen LogP contribution in [0.25, 0.3) is 11.1 Å². The molecule has 46 heavy (non-hydrogen) atoms. The smallest absolute Gasteiger partial charge is 0.411 e. The molecular weight excluding hydrogens is 599 g/mol. The molecule has 3 aromatic rings. The molecule has 0 unspecified atom stereocenters. The molecule has 5 rings (SSSR count). The molecule has 1 amide bonds. The number of hydrogen-bond donors (Lipinski definition) is 0.